The SMILES string of the molecule is Cc1cnc(Cl)nc1N(C)C1CCC(C)CC1. The Morgan fingerprint density at radius 3 is 2.59 bits per heavy atom. The van der Waals surface area contributed by atoms with E-state index in [2.05, 4.69) is 28.8 Å². The standard InChI is InChI=1S/C13H20ClN3/c1-9-4-6-11(7-5-9)17(3)12-10(2)8-15-13(14)16-12/h8-9,11H,4-7H2,1-3H3. The van der Waals surface area contributed by atoms with E-state index >= 15 is 0 Å². The second kappa shape index (κ2) is 5.21. The van der Waals surface area contributed by atoms with Crippen molar-refractivity contribution in [1.82, 2.24) is 9.97 Å². The van der Waals surface area contributed by atoms with Gasteiger partial charge in [-0.2, -0.15) is 0 Å². The summed E-state index contributed by atoms with van der Waals surface area (Å²) in [5.74, 6) is 1.85. The Balaban J connectivity index is 2.13. The van der Waals surface area contributed by atoms with Gasteiger partial charge in [0.2, 0.25) is 5.28 Å². The Bertz CT molecular complexity index is 386. The first-order chi connectivity index (χ1) is 8.08. The molecule has 1 heterocycles. The number of anilines is 1. The Hall–Kier alpha value is -0.830. The highest BCUT2D eigenvalue weighted by Gasteiger charge is 2.23. The van der Waals surface area contributed by atoms with Crippen LogP contribution in [0.1, 0.15) is 38.2 Å². The van der Waals surface area contributed by atoms with E-state index in [1.165, 1.54) is 25.7 Å². The average molecular weight is 254 g/mol. The van der Waals surface area contributed by atoms with Gasteiger partial charge in [0.25, 0.3) is 0 Å². The average Bonchev–Trinajstić information content (AvgIpc) is 2.32. The van der Waals surface area contributed by atoms with E-state index in [1.807, 2.05) is 6.92 Å². The highest BCUT2D eigenvalue weighted by atomic mass is 35.5. The summed E-state index contributed by atoms with van der Waals surface area (Å²) in [6.07, 6.45) is 6.92. The molecule has 1 aliphatic carbocycles. The van der Waals surface area contributed by atoms with Crippen LogP contribution >= 0.6 is 11.6 Å². The van der Waals surface area contributed by atoms with Gasteiger partial charge < -0.3 is 4.90 Å². The molecule has 0 bridgehead atoms. The van der Waals surface area contributed by atoms with Crippen molar-refractivity contribution in [1.29, 1.82) is 0 Å². The van der Waals surface area contributed by atoms with Gasteiger partial charge in [0.1, 0.15) is 5.82 Å². The maximum atomic E-state index is 5.87. The molecule has 1 fully saturated rings. The molecule has 1 aromatic rings. The number of aromatic nitrogens is 2. The third kappa shape index (κ3) is 2.89. The van der Waals surface area contributed by atoms with Crippen LogP contribution in [-0.2, 0) is 0 Å². The van der Waals surface area contributed by atoms with Crippen molar-refractivity contribution in [2.75, 3.05) is 11.9 Å². The van der Waals surface area contributed by atoms with Crippen LogP contribution in [0.25, 0.3) is 0 Å². The molecule has 0 N–H and O–H groups in total. The van der Waals surface area contributed by atoms with Gasteiger partial charge >= 0.3 is 0 Å². The maximum absolute atomic E-state index is 5.87. The van der Waals surface area contributed by atoms with Gasteiger partial charge in [0.05, 0.1) is 0 Å². The molecular formula is C13H20ClN3. The molecule has 0 radical (unpaired) electrons. The summed E-state index contributed by atoms with van der Waals surface area (Å²) < 4.78 is 0. The van der Waals surface area contributed by atoms with Gasteiger partial charge in [0.15, 0.2) is 0 Å². The maximum Gasteiger partial charge on any atom is 0.224 e. The third-order valence-corrected chi connectivity index (χ3v) is 3.96. The lowest BCUT2D eigenvalue weighted by Gasteiger charge is -2.34. The van der Waals surface area contributed by atoms with Crippen molar-refractivity contribution in [3.63, 3.8) is 0 Å². The zero-order valence-corrected chi connectivity index (χ0v) is 11.5. The van der Waals surface area contributed by atoms with Crippen LogP contribution in [0.3, 0.4) is 0 Å². The van der Waals surface area contributed by atoms with E-state index in [9.17, 15) is 0 Å². The Morgan fingerprint density at radius 2 is 1.94 bits per heavy atom. The fourth-order valence-corrected chi connectivity index (χ4v) is 2.70. The predicted molar refractivity (Wildman–Crippen MR) is 71.6 cm³/mol. The Kier molecular flexibility index (Phi) is 3.87. The minimum absolute atomic E-state index is 0.335. The van der Waals surface area contributed by atoms with Crippen LogP contribution in [0.2, 0.25) is 5.28 Å². The molecule has 0 aromatic carbocycles. The van der Waals surface area contributed by atoms with E-state index in [1.54, 1.807) is 6.20 Å². The van der Waals surface area contributed by atoms with Crippen LogP contribution in [0.15, 0.2) is 6.20 Å². The summed E-state index contributed by atoms with van der Waals surface area (Å²) in [5, 5.41) is 0.335. The quantitative estimate of drug-likeness (QED) is 0.756. The summed E-state index contributed by atoms with van der Waals surface area (Å²) in [4.78, 5) is 10.6. The first kappa shape index (κ1) is 12.6. The van der Waals surface area contributed by atoms with Crippen molar-refractivity contribution in [3.8, 4) is 0 Å². The molecule has 0 aliphatic heterocycles. The molecule has 0 amide bonds. The molecular weight excluding hydrogens is 234 g/mol. The summed E-state index contributed by atoms with van der Waals surface area (Å²) >= 11 is 5.87. The fraction of sp³-hybridized carbons (Fsp3) is 0.692. The molecule has 0 atom stereocenters. The molecule has 0 spiro atoms. The van der Waals surface area contributed by atoms with Gasteiger partial charge in [-0.3, -0.25) is 0 Å². The summed E-state index contributed by atoms with van der Waals surface area (Å²) in [6.45, 7) is 4.37. The second-order valence-electron chi connectivity index (χ2n) is 5.17. The topological polar surface area (TPSA) is 29.0 Å². The largest absolute Gasteiger partial charge is 0.356 e. The van der Waals surface area contributed by atoms with E-state index < -0.39 is 0 Å². The molecule has 1 aromatic heterocycles. The first-order valence-electron chi connectivity index (χ1n) is 6.30. The molecule has 94 valence electrons. The van der Waals surface area contributed by atoms with Gasteiger partial charge in [-0.1, -0.05) is 6.92 Å². The summed E-state index contributed by atoms with van der Waals surface area (Å²) in [7, 11) is 2.12. The fourth-order valence-electron chi connectivity index (χ4n) is 2.57. The van der Waals surface area contributed by atoms with Crippen molar-refractivity contribution in [2.24, 2.45) is 5.92 Å². The van der Waals surface area contributed by atoms with Gasteiger partial charge in [-0.15, -0.1) is 0 Å². The molecule has 2 rings (SSSR count). The van der Waals surface area contributed by atoms with Crippen molar-refractivity contribution >= 4 is 17.4 Å². The molecule has 3 nitrogen and oxygen atoms in total. The Morgan fingerprint density at radius 1 is 1.29 bits per heavy atom. The van der Waals surface area contributed by atoms with Crippen molar-refractivity contribution < 1.29 is 0 Å². The molecule has 17 heavy (non-hydrogen) atoms. The lowest BCUT2D eigenvalue weighted by molar-refractivity contribution is 0.339. The smallest absolute Gasteiger partial charge is 0.224 e. The Labute approximate surface area is 108 Å². The van der Waals surface area contributed by atoms with Gasteiger partial charge in [-0.05, 0) is 50.1 Å². The van der Waals surface area contributed by atoms with Crippen LogP contribution < -0.4 is 4.90 Å². The number of rotatable bonds is 2. The predicted octanol–water partition coefficient (Wildman–Crippen LogP) is 3.45. The zero-order chi connectivity index (χ0) is 12.4. The number of halogens is 1. The number of hydrogen-bond donors (Lipinski definition) is 0. The minimum Gasteiger partial charge on any atom is -0.356 e. The molecule has 0 unspecified atom stereocenters. The highest BCUT2D eigenvalue weighted by molar-refractivity contribution is 6.28. The third-order valence-electron chi connectivity index (χ3n) is 3.78. The van der Waals surface area contributed by atoms with Crippen LogP contribution in [0.4, 0.5) is 5.82 Å². The lowest BCUT2D eigenvalue weighted by atomic mass is 9.87. The number of nitrogens with zero attached hydrogens (tertiary/aromatic N) is 3. The molecule has 1 saturated carbocycles. The highest BCUT2D eigenvalue weighted by Crippen LogP contribution is 2.29. The minimum atomic E-state index is 0.335. The van der Waals surface area contributed by atoms with Crippen LogP contribution in [0.5, 0.6) is 0 Å². The number of hydrogen-bond acceptors (Lipinski definition) is 3. The molecule has 1 aliphatic rings. The van der Waals surface area contributed by atoms with Crippen molar-refractivity contribution in [2.45, 2.75) is 45.6 Å². The first-order valence-corrected chi connectivity index (χ1v) is 6.67. The van der Waals surface area contributed by atoms with E-state index in [4.69, 9.17) is 11.6 Å². The van der Waals surface area contributed by atoms with E-state index in [-0.39, 0.29) is 0 Å². The van der Waals surface area contributed by atoms with E-state index in [0.717, 1.165) is 17.3 Å². The van der Waals surface area contributed by atoms with E-state index in [0.29, 0.717) is 11.3 Å². The van der Waals surface area contributed by atoms with Gasteiger partial charge in [-0.25, -0.2) is 9.97 Å². The summed E-state index contributed by atoms with van der Waals surface area (Å²) in [6, 6.07) is 0.593. The van der Waals surface area contributed by atoms with Crippen LogP contribution in [0, 0.1) is 12.8 Å². The zero-order valence-electron chi connectivity index (χ0n) is 10.8. The molecule has 0 saturated heterocycles. The van der Waals surface area contributed by atoms with Crippen molar-refractivity contribution in [3.05, 3.63) is 17.0 Å². The van der Waals surface area contributed by atoms with Crippen LogP contribution in [-0.4, -0.2) is 23.1 Å². The number of aryl methyl sites for hydroxylation is 1. The van der Waals surface area contributed by atoms with Gasteiger partial charge in [0, 0.05) is 24.8 Å². The normalized spacial score (nSPS) is 24.7. The monoisotopic (exact) mass is 253 g/mol. The second-order valence-corrected chi connectivity index (χ2v) is 5.51. The lowest BCUT2D eigenvalue weighted by Crippen LogP contribution is -2.35. The summed E-state index contributed by atoms with van der Waals surface area (Å²) in [5.41, 5.74) is 1.09. The molecule has 4 heteroatoms.